The average Bonchev–Trinajstić information content (AvgIpc) is 2.46. The molecule has 0 aliphatic rings. The topological polar surface area (TPSA) is 21.3 Å². The summed E-state index contributed by atoms with van der Waals surface area (Å²) in [6.45, 7) is 9.54. The molecule has 0 unspecified atom stereocenters. The van der Waals surface area contributed by atoms with Crippen molar-refractivity contribution in [1.29, 1.82) is 0 Å². The van der Waals surface area contributed by atoms with E-state index in [0.717, 1.165) is 18.0 Å². The number of nitrogens with one attached hydrogen (secondary N) is 1. The molecule has 0 spiro atoms. The van der Waals surface area contributed by atoms with E-state index in [0.29, 0.717) is 12.0 Å². The van der Waals surface area contributed by atoms with Crippen LogP contribution in [-0.2, 0) is 6.54 Å². The molecule has 0 aliphatic heterocycles. The van der Waals surface area contributed by atoms with Crippen LogP contribution >= 0.6 is 0 Å². The van der Waals surface area contributed by atoms with Crippen LogP contribution in [0.3, 0.4) is 0 Å². The van der Waals surface area contributed by atoms with Crippen molar-refractivity contribution in [1.82, 2.24) is 5.32 Å². The Hall–Kier alpha value is -1.80. The highest BCUT2D eigenvalue weighted by Gasteiger charge is 2.08. The van der Waals surface area contributed by atoms with E-state index in [-0.39, 0.29) is 0 Å². The summed E-state index contributed by atoms with van der Waals surface area (Å²) >= 11 is 0. The Labute approximate surface area is 128 Å². The molecule has 2 nitrogen and oxygen atoms in total. The molecule has 2 aromatic carbocycles. The number of hydrogen-bond donors (Lipinski definition) is 1. The first-order valence-corrected chi connectivity index (χ1v) is 7.65. The van der Waals surface area contributed by atoms with Crippen LogP contribution in [0.25, 0.3) is 0 Å². The summed E-state index contributed by atoms with van der Waals surface area (Å²) in [6.07, 6.45) is 0. The molecule has 0 bridgehead atoms. The Kier molecular flexibility index (Phi) is 5.40. The van der Waals surface area contributed by atoms with Gasteiger partial charge in [-0.3, -0.25) is 0 Å². The molecular formula is C19H25NO. The van der Waals surface area contributed by atoms with Crippen molar-refractivity contribution in [3.8, 4) is 11.5 Å². The second-order valence-corrected chi connectivity index (χ2v) is 5.98. The molecule has 2 aromatic rings. The zero-order valence-corrected chi connectivity index (χ0v) is 13.4. The quantitative estimate of drug-likeness (QED) is 0.796. The maximum absolute atomic E-state index is 6.09. The van der Waals surface area contributed by atoms with Crippen LogP contribution in [0.5, 0.6) is 11.5 Å². The summed E-state index contributed by atoms with van der Waals surface area (Å²) in [5, 5.41) is 3.43. The molecule has 0 saturated carbocycles. The van der Waals surface area contributed by atoms with Gasteiger partial charge in [0.05, 0.1) is 0 Å². The van der Waals surface area contributed by atoms with Gasteiger partial charge in [-0.25, -0.2) is 0 Å². The van der Waals surface area contributed by atoms with Gasteiger partial charge < -0.3 is 10.1 Å². The van der Waals surface area contributed by atoms with Gasteiger partial charge in [0.15, 0.2) is 0 Å². The van der Waals surface area contributed by atoms with Crippen LogP contribution in [0, 0.1) is 0 Å². The van der Waals surface area contributed by atoms with Crippen LogP contribution in [0.1, 0.15) is 44.7 Å². The third kappa shape index (κ3) is 4.61. The molecule has 0 fully saturated rings. The lowest BCUT2D eigenvalue weighted by Crippen LogP contribution is -2.21. The van der Waals surface area contributed by atoms with Gasteiger partial charge in [0.1, 0.15) is 11.5 Å². The fraction of sp³-hybridized carbons (Fsp3) is 0.368. The van der Waals surface area contributed by atoms with E-state index in [4.69, 9.17) is 4.74 Å². The van der Waals surface area contributed by atoms with Crippen LogP contribution in [0.2, 0.25) is 0 Å². The molecule has 2 heteroatoms. The number of benzene rings is 2. The van der Waals surface area contributed by atoms with Crippen LogP contribution in [-0.4, -0.2) is 6.04 Å². The van der Waals surface area contributed by atoms with Crippen molar-refractivity contribution in [2.24, 2.45) is 0 Å². The number of hydrogen-bond acceptors (Lipinski definition) is 2. The Bertz CT molecular complexity index is 575. The molecule has 21 heavy (non-hydrogen) atoms. The molecule has 1 N–H and O–H groups in total. The second kappa shape index (κ2) is 7.28. The van der Waals surface area contributed by atoms with E-state index < -0.39 is 0 Å². The molecule has 0 atom stereocenters. The predicted octanol–water partition coefficient (Wildman–Crippen LogP) is 5.10. The van der Waals surface area contributed by atoms with Gasteiger partial charge in [0.25, 0.3) is 0 Å². The smallest absolute Gasteiger partial charge is 0.130 e. The van der Waals surface area contributed by atoms with Crippen LogP contribution in [0.4, 0.5) is 0 Å². The van der Waals surface area contributed by atoms with Crippen LogP contribution in [0.15, 0.2) is 48.5 Å². The molecule has 2 rings (SSSR count). The lowest BCUT2D eigenvalue weighted by Gasteiger charge is -2.14. The maximum Gasteiger partial charge on any atom is 0.130 e. The van der Waals surface area contributed by atoms with Crippen LogP contribution < -0.4 is 10.1 Å². The molecule has 0 heterocycles. The highest BCUT2D eigenvalue weighted by atomic mass is 16.5. The molecule has 0 aliphatic carbocycles. The molecule has 112 valence electrons. The first kappa shape index (κ1) is 15.6. The largest absolute Gasteiger partial charge is 0.457 e. The second-order valence-electron chi connectivity index (χ2n) is 5.98. The highest BCUT2D eigenvalue weighted by molar-refractivity contribution is 5.40. The first-order valence-electron chi connectivity index (χ1n) is 7.65. The van der Waals surface area contributed by atoms with E-state index in [9.17, 15) is 0 Å². The summed E-state index contributed by atoms with van der Waals surface area (Å²) in [7, 11) is 0. The Morgan fingerprint density at radius 1 is 0.952 bits per heavy atom. The van der Waals surface area contributed by atoms with Gasteiger partial charge in [-0.15, -0.1) is 0 Å². The SMILES string of the molecule is CC(C)NCc1cccc(Oc2ccccc2C(C)C)c1. The minimum absolute atomic E-state index is 0.451. The zero-order chi connectivity index (χ0) is 15.2. The average molecular weight is 283 g/mol. The monoisotopic (exact) mass is 283 g/mol. The van der Waals surface area contributed by atoms with Gasteiger partial charge in [-0.1, -0.05) is 58.0 Å². The first-order chi connectivity index (χ1) is 10.1. The number of rotatable bonds is 6. The van der Waals surface area contributed by atoms with Crippen molar-refractivity contribution < 1.29 is 4.74 Å². The van der Waals surface area contributed by atoms with Crippen molar-refractivity contribution in [3.63, 3.8) is 0 Å². The van der Waals surface area contributed by atoms with Gasteiger partial charge in [0.2, 0.25) is 0 Å². The van der Waals surface area contributed by atoms with Gasteiger partial charge in [-0.2, -0.15) is 0 Å². The Balaban J connectivity index is 2.15. The van der Waals surface area contributed by atoms with Crippen molar-refractivity contribution in [2.45, 2.75) is 46.2 Å². The summed E-state index contributed by atoms with van der Waals surface area (Å²) in [6, 6.07) is 17.0. The highest BCUT2D eigenvalue weighted by Crippen LogP contribution is 2.30. The fourth-order valence-electron chi connectivity index (χ4n) is 2.22. The summed E-state index contributed by atoms with van der Waals surface area (Å²) in [5.74, 6) is 2.29. The molecule has 0 aromatic heterocycles. The van der Waals surface area contributed by atoms with E-state index in [1.165, 1.54) is 11.1 Å². The van der Waals surface area contributed by atoms with Crippen molar-refractivity contribution in [3.05, 3.63) is 59.7 Å². The fourth-order valence-corrected chi connectivity index (χ4v) is 2.22. The Morgan fingerprint density at radius 2 is 1.71 bits per heavy atom. The Morgan fingerprint density at radius 3 is 2.43 bits per heavy atom. The minimum Gasteiger partial charge on any atom is -0.457 e. The zero-order valence-electron chi connectivity index (χ0n) is 13.4. The molecule has 0 saturated heterocycles. The van der Waals surface area contributed by atoms with Gasteiger partial charge >= 0.3 is 0 Å². The van der Waals surface area contributed by atoms with Gasteiger partial charge in [0, 0.05) is 12.6 Å². The maximum atomic E-state index is 6.09. The summed E-state index contributed by atoms with van der Waals surface area (Å²) < 4.78 is 6.09. The lowest BCUT2D eigenvalue weighted by molar-refractivity contribution is 0.471. The standard InChI is InChI=1S/C19H25NO/c1-14(2)18-10-5-6-11-19(18)21-17-9-7-8-16(12-17)13-20-15(3)4/h5-12,14-15,20H,13H2,1-4H3. The third-order valence-corrected chi connectivity index (χ3v) is 3.38. The number of ether oxygens (including phenoxy) is 1. The van der Waals surface area contributed by atoms with E-state index in [1.807, 2.05) is 24.3 Å². The van der Waals surface area contributed by atoms with Crippen molar-refractivity contribution in [2.75, 3.05) is 0 Å². The minimum atomic E-state index is 0.451. The lowest BCUT2D eigenvalue weighted by atomic mass is 10.0. The molecular weight excluding hydrogens is 258 g/mol. The van der Waals surface area contributed by atoms with Crippen molar-refractivity contribution >= 4 is 0 Å². The molecule has 0 amide bonds. The summed E-state index contributed by atoms with van der Waals surface area (Å²) in [5.41, 5.74) is 2.48. The molecule has 0 radical (unpaired) electrons. The van der Waals surface area contributed by atoms with Gasteiger partial charge in [-0.05, 0) is 35.2 Å². The summed E-state index contributed by atoms with van der Waals surface area (Å²) in [4.78, 5) is 0. The van der Waals surface area contributed by atoms with E-state index in [2.05, 4.69) is 57.3 Å². The predicted molar refractivity (Wildman–Crippen MR) is 89.0 cm³/mol. The number of para-hydroxylation sites is 1. The van der Waals surface area contributed by atoms with E-state index >= 15 is 0 Å². The normalized spacial score (nSPS) is 11.1. The van der Waals surface area contributed by atoms with E-state index in [1.54, 1.807) is 0 Å². The third-order valence-electron chi connectivity index (χ3n) is 3.38.